The Labute approximate surface area is 207 Å². The summed E-state index contributed by atoms with van der Waals surface area (Å²) in [5.74, 6) is -1.77. The van der Waals surface area contributed by atoms with Crippen molar-refractivity contribution in [3.05, 3.63) is 45.5 Å². The summed E-state index contributed by atoms with van der Waals surface area (Å²) in [5, 5.41) is 24.4. The molecule has 0 saturated heterocycles. The van der Waals surface area contributed by atoms with Gasteiger partial charge in [-0.2, -0.15) is 0 Å². The number of aryl methyl sites for hydroxylation is 1. The summed E-state index contributed by atoms with van der Waals surface area (Å²) in [4.78, 5) is 30.4. The maximum absolute atomic E-state index is 13.1. The summed E-state index contributed by atoms with van der Waals surface area (Å²) in [6.45, 7) is 12.6. The molecule has 0 aliphatic carbocycles. The minimum atomic E-state index is -1.23. The number of nitrogens with zero attached hydrogens (tertiary/aromatic N) is 1. The fraction of sp³-hybridized carbons (Fsp3) is 0.593. The van der Waals surface area contributed by atoms with Gasteiger partial charge in [0.25, 0.3) is 0 Å². The molecule has 1 aromatic heterocycles. The van der Waals surface area contributed by atoms with Crippen molar-refractivity contribution in [1.29, 1.82) is 0 Å². The minimum Gasteiger partial charge on any atom is -0.457 e. The summed E-state index contributed by atoms with van der Waals surface area (Å²) in [6.07, 6.45) is 6.13. The number of cyclic esters (lactones) is 1. The van der Waals surface area contributed by atoms with Crippen molar-refractivity contribution in [2.45, 2.75) is 86.0 Å². The molecule has 1 aliphatic heterocycles. The topological polar surface area (TPSA) is 96.7 Å². The molecule has 0 fully saturated rings. The second kappa shape index (κ2) is 12.0. The van der Waals surface area contributed by atoms with Crippen LogP contribution in [0.15, 0.2) is 34.8 Å². The van der Waals surface area contributed by atoms with E-state index in [4.69, 9.17) is 4.74 Å². The smallest absolute Gasteiger partial charge is 0.309 e. The predicted molar refractivity (Wildman–Crippen MR) is 136 cm³/mol. The van der Waals surface area contributed by atoms with Crippen LogP contribution >= 0.6 is 11.3 Å². The van der Waals surface area contributed by atoms with Gasteiger partial charge in [0.1, 0.15) is 11.9 Å². The zero-order valence-corrected chi connectivity index (χ0v) is 22.2. The molecule has 0 saturated carbocycles. The zero-order valence-electron chi connectivity index (χ0n) is 21.4. The quantitative estimate of drug-likeness (QED) is 0.446. The second-order valence-corrected chi connectivity index (χ2v) is 11.1. The predicted octanol–water partition coefficient (Wildman–Crippen LogP) is 5.04. The van der Waals surface area contributed by atoms with E-state index in [1.165, 1.54) is 0 Å². The number of hydrogen-bond donors (Lipinski definition) is 2. The Morgan fingerprint density at radius 1 is 1.24 bits per heavy atom. The van der Waals surface area contributed by atoms with Crippen LogP contribution < -0.4 is 0 Å². The van der Waals surface area contributed by atoms with Gasteiger partial charge in [-0.05, 0) is 38.8 Å². The number of ketones is 1. The van der Waals surface area contributed by atoms with Crippen LogP contribution in [0.2, 0.25) is 0 Å². The van der Waals surface area contributed by atoms with E-state index in [0.29, 0.717) is 12.8 Å². The number of Topliss-reactive ketones (excluding diaryl/α,β-unsaturated/α-hetero) is 1. The summed E-state index contributed by atoms with van der Waals surface area (Å²) in [5.41, 5.74) is 1.57. The van der Waals surface area contributed by atoms with Crippen LogP contribution in [-0.2, 0) is 14.3 Å². The van der Waals surface area contributed by atoms with Gasteiger partial charge in [0.15, 0.2) is 0 Å². The number of allylic oxidation sites excluding steroid dienone is 2. The molecule has 5 atom stereocenters. The number of esters is 1. The van der Waals surface area contributed by atoms with E-state index in [9.17, 15) is 19.8 Å². The zero-order chi connectivity index (χ0) is 25.6. The Kier molecular flexibility index (Phi) is 9.97. The van der Waals surface area contributed by atoms with Crippen LogP contribution in [0.4, 0.5) is 0 Å². The Balaban J connectivity index is 2.37. The lowest BCUT2D eigenvalue weighted by Crippen LogP contribution is -2.45. The van der Waals surface area contributed by atoms with E-state index in [2.05, 4.69) is 4.98 Å². The molecule has 2 rings (SSSR count). The number of rotatable bonds is 2. The molecule has 2 heterocycles. The third-order valence-corrected chi connectivity index (χ3v) is 7.44. The lowest BCUT2D eigenvalue weighted by molar-refractivity contribution is -0.154. The molecule has 6 nitrogen and oxygen atoms in total. The highest BCUT2D eigenvalue weighted by atomic mass is 32.1. The number of thiazole rings is 1. The van der Waals surface area contributed by atoms with Crippen molar-refractivity contribution >= 4 is 29.2 Å². The van der Waals surface area contributed by atoms with Crippen molar-refractivity contribution in [3.63, 3.8) is 0 Å². The first-order valence-corrected chi connectivity index (χ1v) is 12.7. The maximum Gasteiger partial charge on any atom is 0.309 e. The second-order valence-electron chi connectivity index (χ2n) is 10.0. The van der Waals surface area contributed by atoms with E-state index in [-0.39, 0.29) is 18.1 Å². The van der Waals surface area contributed by atoms with E-state index in [1.54, 1.807) is 32.1 Å². The van der Waals surface area contributed by atoms with E-state index >= 15 is 0 Å². The molecule has 0 radical (unpaired) electrons. The third-order valence-electron chi connectivity index (χ3n) is 6.65. The average Bonchev–Trinajstić information content (AvgIpc) is 3.18. The maximum atomic E-state index is 13.1. The first kappa shape index (κ1) is 28.1. The van der Waals surface area contributed by atoms with Crippen molar-refractivity contribution in [2.24, 2.45) is 17.3 Å². The number of aromatic nitrogens is 1. The lowest BCUT2D eigenvalue weighted by atomic mass is 9.73. The molecule has 0 amide bonds. The van der Waals surface area contributed by atoms with E-state index in [1.807, 2.05) is 57.4 Å². The molecule has 0 bridgehead atoms. The summed E-state index contributed by atoms with van der Waals surface area (Å²) in [7, 11) is 0. The van der Waals surface area contributed by atoms with Gasteiger partial charge in [-0.3, -0.25) is 9.59 Å². The van der Waals surface area contributed by atoms with Crippen LogP contribution in [0.25, 0.3) is 6.08 Å². The van der Waals surface area contributed by atoms with E-state index in [0.717, 1.165) is 21.8 Å². The van der Waals surface area contributed by atoms with Crippen LogP contribution in [0, 0.1) is 24.2 Å². The van der Waals surface area contributed by atoms with E-state index < -0.39 is 35.6 Å². The number of aliphatic hydroxyl groups is 2. The normalized spacial score (nSPS) is 32.6. The van der Waals surface area contributed by atoms with Crippen molar-refractivity contribution in [2.75, 3.05) is 0 Å². The van der Waals surface area contributed by atoms with Gasteiger partial charge < -0.3 is 14.9 Å². The van der Waals surface area contributed by atoms with Gasteiger partial charge in [0, 0.05) is 23.6 Å². The van der Waals surface area contributed by atoms with Crippen LogP contribution in [0.1, 0.15) is 71.5 Å². The first-order chi connectivity index (χ1) is 15.8. The first-order valence-electron chi connectivity index (χ1n) is 11.9. The molecule has 188 valence electrons. The molecule has 0 unspecified atom stereocenters. The van der Waals surface area contributed by atoms with Crippen molar-refractivity contribution in [1.82, 2.24) is 4.98 Å². The number of aliphatic hydroxyl groups excluding tert-OH is 2. The fourth-order valence-electron chi connectivity index (χ4n) is 4.05. The molecule has 1 aromatic rings. The molecule has 7 heteroatoms. The van der Waals surface area contributed by atoms with Crippen molar-refractivity contribution < 1.29 is 24.5 Å². The number of carbonyl (C=O) groups is 2. The molecule has 0 spiro atoms. The van der Waals surface area contributed by atoms with Crippen molar-refractivity contribution in [3.8, 4) is 0 Å². The largest absolute Gasteiger partial charge is 0.457 e. The number of hydrogen-bond acceptors (Lipinski definition) is 7. The Morgan fingerprint density at radius 3 is 2.53 bits per heavy atom. The Bertz CT molecular complexity index is 958. The van der Waals surface area contributed by atoms with Crippen LogP contribution in [0.3, 0.4) is 0 Å². The van der Waals surface area contributed by atoms with Crippen LogP contribution in [0.5, 0.6) is 0 Å². The Hall–Kier alpha value is -2.09. The number of carbonyl (C=O) groups excluding carboxylic acids is 2. The SMILES string of the molecule is CC(=Cc1csc(C)n1)[C@@H]1C/C=C(/C)C/C=C\[C@H](C)[C@@H](O)[C@@H](C)C(=O)C(C)(C)[C@@H](O)CC(=O)O1. The Morgan fingerprint density at radius 2 is 1.91 bits per heavy atom. The standard InChI is InChI=1S/C27H39NO5S/c1-16-9-8-10-17(2)25(31)19(4)26(32)27(6,7)23(29)14-24(30)33-22(12-11-16)18(3)13-21-15-34-20(5)28-21/h8,10-11,13,15,17,19,22-23,25,29,31H,9,12,14H2,1-7H3/b10-8-,16-11-,18-13?/t17-,19+,22-,23-,25+/m0/s1. The lowest BCUT2D eigenvalue weighted by Gasteiger charge is -2.34. The highest BCUT2D eigenvalue weighted by molar-refractivity contribution is 7.09. The van der Waals surface area contributed by atoms with Gasteiger partial charge in [0.05, 0.1) is 34.7 Å². The van der Waals surface area contributed by atoms with Gasteiger partial charge >= 0.3 is 5.97 Å². The van der Waals surface area contributed by atoms with Gasteiger partial charge in [-0.15, -0.1) is 11.3 Å². The monoisotopic (exact) mass is 489 g/mol. The highest BCUT2D eigenvalue weighted by Crippen LogP contribution is 2.31. The fourth-order valence-corrected chi connectivity index (χ4v) is 4.62. The molecule has 0 aromatic carbocycles. The van der Waals surface area contributed by atoms with Gasteiger partial charge in [0.2, 0.25) is 0 Å². The third kappa shape index (κ3) is 7.45. The molecular weight excluding hydrogens is 450 g/mol. The number of ether oxygens (including phenoxy) is 1. The minimum absolute atomic E-state index is 0.225. The van der Waals surface area contributed by atoms with Gasteiger partial charge in [-0.25, -0.2) is 4.98 Å². The van der Waals surface area contributed by atoms with Crippen LogP contribution in [-0.4, -0.2) is 45.3 Å². The summed E-state index contributed by atoms with van der Waals surface area (Å²) in [6, 6.07) is 0. The van der Waals surface area contributed by atoms with Gasteiger partial charge in [-0.1, -0.05) is 51.5 Å². The summed E-state index contributed by atoms with van der Waals surface area (Å²) >= 11 is 1.56. The summed E-state index contributed by atoms with van der Waals surface area (Å²) < 4.78 is 5.79. The molecule has 34 heavy (non-hydrogen) atoms. The molecular formula is C27H39NO5S. The average molecular weight is 490 g/mol. The highest BCUT2D eigenvalue weighted by Gasteiger charge is 2.42. The molecule has 2 N–H and O–H groups in total. The molecule has 1 aliphatic rings.